The van der Waals surface area contributed by atoms with Crippen LogP contribution in [0.25, 0.3) is 0 Å². The van der Waals surface area contributed by atoms with E-state index in [2.05, 4.69) is 10.6 Å². The lowest BCUT2D eigenvalue weighted by Crippen LogP contribution is -2.38. The number of nitrogens with one attached hydrogen (secondary N) is 2. The van der Waals surface area contributed by atoms with Gasteiger partial charge in [-0.2, -0.15) is 0 Å². The van der Waals surface area contributed by atoms with Crippen molar-refractivity contribution in [3.8, 4) is 0 Å². The highest BCUT2D eigenvalue weighted by molar-refractivity contribution is 6.00. The highest BCUT2D eigenvalue weighted by atomic mass is 16.3. The number of carbonyl (C=O) groups excluding carboxylic acids is 2. The molecule has 1 unspecified atom stereocenters. The molecule has 1 aliphatic heterocycles. The number of aliphatic hydroxyl groups excluding tert-OH is 1. The Morgan fingerprint density at radius 3 is 3.06 bits per heavy atom. The first-order valence-corrected chi connectivity index (χ1v) is 5.20. The minimum atomic E-state index is -0.942. The summed E-state index contributed by atoms with van der Waals surface area (Å²) in [6, 6.07) is 4.17. The highest BCUT2D eigenvalue weighted by Crippen LogP contribution is 2.25. The maximum Gasteiger partial charge on any atom is 0.243 e. The van der Waals surface area contributed by atoms with E-state index in [9.17, 15) is 9.59 Å². The predicted octanol–water partition coefficient (Wildman–Crippen LogP) is -0.561. The zero-order chi connectivity index (χ0) is 12.4. The molecule has 0 spiro atoms. The molecule has 1 aromatic carbocycles. The number of hydrogen-bond donors (Lipinski definition) is 4. The first-order valence-electron chi connectivity index (χ1n) is 5.20. The van der Waals surface area contributed by atoms with E-state index in [0.717, 1.165) is 11.3 Å². The Balaban J connectivity index is 2.11. The number of carbonyl (C=O) groups is 2. The normalized spacial score (nSPS) is 15.1. The summed E-state index contributed by atoms with van der Waals surface area (Å²) in [5, 5.41) is 14.0. The largest absolute Gasteiger partial charge is 0.394 e. The second-order valence-corrected chi connectivity index (χ2v) is 3.88. The third-order valence-corrected chi connectivity index (χ3v) is 2.53. The van der Waals surface area contributed by atoms with Crippen molar-refractivity contribution in [1.82, 2.24) is 0 Å². The van der Waals surface area contributed by atoms with Gasteiger partial charge in [0.15, 0.2) is 0 Å². The summed E-state index contributed by atoms with van der Waals surface area (Å²) in [5.74, 6) is -0.514. The maximum atomic E-state index is 11.4. The average molecular weight is 235 g/mol. The molecule has 1 aliphatic rings. The third-order valence-electron chi connectivity index (χ3n) is 2.53. The Labute approximate surface area is 97.8 Å². The Bertz CT molecular complexity index is 473. The summed E-state index contributed by atoms with van der Waals surface area (Å²) in [5.41, 5.74) is 7.54. The van der Waals surface area contributed by atoms with Gasteiger partial charge < -0.3 is 21.5 Å². The van der Waals surface area contributed by atoms with Crippen LogP contribution >= 0.6 is 0 Å². The fraction of sp³-hybridized carbons (Fsp3) is 0.273. The third kappa shape index (κ3) is 2.43. The second kappa shape index (κ2) is 4.52. The number of amides is 2. The molecule has 1 aromatic rings. The molecule has 2 amide bonds. The molecule has 2 rings (SSSR count). The zero-order valence-electron chi connectivity index (χ0n) is 9.06. The smallest absolute Gasteiger partial charge is 0.243 e. The Morgan fingerprint density at radius 2 is 2.35 bits per heavy atom. The molecule has 0 aliphatic carbocycles. The minimum absolute atomic E-state index is 0.0597. The molecule has 0 radical (unpaired) electrons. The standard InChI is InChI=1S/C11H13N3O3/c12-8(5-15)11(17)13-7-1-2-9-6(3-7)4-10(16)14-9/h1-3,8,15H,4-5,12H2,(H,13,17)(H,14,16). The first-order chi connectivity index (χ1) is 8.10. The number of anilines is 2. The first kappa shape index (κ1) is 11.6. The van der Waals surface area contributed by atoms with Crippen molar-refractivity contribution in [2.75, 3.05) is 17.2 Å². The van der Waals surface area contributed by atoms with Gasteiger partial charge in [0.25, 0.3) is 0 Å². The molecule has 0 aromatic heterocycles. The number of nitrogens with two attached hydrogens (primary N) is 1. The van der Waals surface area contributed by atoms with Crippen LogP contribution in [0.2, 0.25) is 0 Å². The van der Waals surface area contributed by atoms with Crippen molar-refractivity contribution in [2.24, 2.45) is 5.73 Å². The fourth-order valence-corrected chi connectivity index (χ4v) is 1.62. The van der Waals surface area contributed by atoms with Gasteiger partial charge in [-0.3, -0.25) is 9.59 Å². The zero-order valence-corrected chi connectivity index (χ0v) is 9.06. The molecule has 6 heteroatoms. The number of aliphatic hydroxyl groups is 1. The van der Waals surface area contributed by atoms with Crippen LogP contribution in [0.3, 0.4) is 0 Å². The van der Waals surface area contributed by atoms with E-state index >= 15 is 0 Å². The monoisotopic (exact) mass is 235 g/mol. The summed E-state index contributed by atoms with van der Waals surface area (Å²) >= 11 is 0. The molecule has 1 atom stereocenters. The van der Waals surface area contributed by atoms with Crippen molar-refractivity contribution >= 4 is 23.2 Å². The molecule has 0 fully saturated rings. The molecular weight excluding hydrogens is 222 g/mol. The number of rotatable bonds is 3. The van der Waals surface area contributed by atoms with Crippen LogP contribution in [0, 0.1) is 0 Å². The predicted molar refractivity (Wildman–Crippen MR) is 62.5 cm³/mol. The van der Waals surface area contributed by atoms with Crippen LogP contribution in [0.15, 0.2) is 18.2 Å². The van der Waals surface area contributed by atoms with Crippen LogP contribution in [-0.2, 0) is 16.0 Å². The van der Waals surface area contributed by atoms with Gasteiger partial charge in [0.2, 0.25) is 11.8 Å². The van der Waals surface area contributed by atoms with Gasteiger partial charge in [-0.1, -0.05) is 0 Å². The van der Waals surface area contributed by atoms with Crippen LogP contribution < -0.4 is 16.4 Å². The van der Waals surface area contributed by atoms with Crippen molar-refractivity contribution < 1.29 is 14.7 Å². The minimum Gasteiger partial charge on any atom is -0.394 e. The topological polar surface area (TPSA) is 104 Å². The molecule has 90 valence electrons. The van der Waals surface area contributed by atoms with E-state index in [1.165, 1.54) is 0 Å². The maximum absolute atomic E-state index is 11.4. The van der Waals surface area contributed by atoms with E-state index in [4.69, 9.17) is 10.8 Å². The van der Waals surface area contributed by atoms with E-state index in [0.29, 0.717) is 12.1 Å². The number of hydrogen-bond acceptors (Lipinski definition) is 4. The van der Waals surface area contributed by atoms with Crippen molar-refractivity contribution in [1.29, 1.82) is 0 Å². The van der Waals surface area contributed by atoms with Gasteiger partial charge in [-0.15, -0.1) is 0 Å². The van der Waals surface area contributed by atoms with E-state index in [1.807, 2.05) is 0 Å². The molecule has 1 heterocycles. The van der Waals surface area contributed by atoms with Crippen molar-refractivity contribution in [3.05, 3.63) is 23.8 Å². The highest BCUT2D eigenvalue weighted by Gasteiger charge is 2.18. The molecule has 0 saturated heterocycles. The van der Waals surface area contributed by atoms with Crippen molar-refractivity contribution in [3.63, 3.8) is 0 Å². The quantitative estimate of drug-likeness (QED) is 0.563. The van der Waals surface area contributed by atoms with Crippen molar-refractivity contribution in [2.45, 2.75) is 12.5 Å². The van der Waals surface area contributed by atoms with Gasteiger partial charge in [-0.05, 0) is 23.8 Å². The van der Waals surface area contributed by atoms with Crippen LogP contribution in [0.5, 0.6) is 0 Å². The Morgan fingerprint density at radius 1 is 1.59 bits per heavy atom. The molecular formula is C11H13N3O3. The van der Waals surface area contributed by atoms with Gasteiger partial charge in [0.1, 0.15) is 6.04 Å². The SMILES string of the molecule is NC(CO)C(=O)Nc1ccc2c(c1)CC(=O)N2. The average Bonchev–Trinajstić information content (AvgIpc) is 2.67. The van der Waals surface area contributed by atoms with Crippen LogP contribution in [0.1, 0.15) is 5.56 Å². The molecule has 0 saturated carbocycles. The van der Waals surface area contributed by atoms with Gasteiger partial charge in [0.05, 0.1) is 13.0 Å². The van der Waals surface area contributed by atoms with Gasteiger partial charge in [-0.25, -0.2) is 0 Å². The number of benzene rings is 1. The summed E-state index contributed by atoms with van der Waals surface area (Å²) in [6.07, 6.45) is 0.311. The van der Waals surface area contributed by atoms with E-state index < -0.39 is 18.6 Å². The summed E-state index contributed by atoms with van der Waals surface area (Å²) in [6.45, 7) is -0.406. The summed E-state index contributed by atoms with van der Waals surface area (Å²) in [4.78, 5) is 22.6. The molecule has 5 N–H and O–H groups in total. The van der Waals surface area contributed by atoms with E-state index in [1.54, 1.807) is 18.2 Å². The summed E-state index contributed by atoms with van der Waals surface area (Å²) < 4.78 is 0. The number of fused-ring (bicyclic) bond motifs is 1. The fourth-order valence-electron chi connectivity index (χ4n) is 1.62. The lowest BCUT2D eigenvalue weighted by molar-refractivity contribution is -0.118. The summed E-state index contributed by atoms with van der Waals surface area (Å²) in [7, 11) is 0. The van der Waals surface area contributed by atoms with E-state index in [-0.39, 0.29) is 5.91 Å². The molecule has 0 bridgehead atoms. The molecule has 17 heavy (non-hydrogen) atoms. The molecule has 6 nitrogen and oxygen atoms in total. The van der Waals surface area contributed by atoms with Crippen LogP contribution in [0.4, 0.5) is 11.4 Å². The van der Waals surface area contributed by atoms with Gasteiger partial charge >= 0.3 is 0 Å². The second-order valence-electron chi connectivity index (χ2n) is 3.88. The Kier molecular flexibility index (Phi) is 3.08. The van der Waals surface area contributed by atoms with Gasteiger partial charge in [0, 0.05) is 11.4 Å². The lowest BCUT2D eigenvalue weighted by Gasteiger charge is -2.10. The Hall–Kier alpha value is -1.92. The lowest BCUT2D eigenvalue weighted by atomic mass is 10.1. The van der Waals surface area contributed by atoms with Crippen LogP contribution in [-0.4, -0.2) is 29.6 Å².